The minimum atomic E-state index is -0.905. The van der Waals surface area contributed by atoms with Crippen LogP contribution < -0.4 is 5.32 Å². The number of allylic oxidation sites excluding steroid dienone is 2. The van der Waals surface area contributed by atoms with Crippen molar-refractivity contribution in [1.82, 2.24) is 5.32 Å². The van der Waals surface area contributed by atoms with E-state index < -0.39 is 17.8 Å². The van der Waals surface area contributed by atoms with Crippen molar-refractivity contribution in [2.24, 2.45) is 11.8 Å². The molecule has 0 aliphatic heterocycles. The molecule has 0 saturated heterocycles. The SMILES string of the molecule is C#CCCCNC(=O)C1CC=CCC1C(=O)O. The average Bonchev–Trinajstić information content (AvgIpc) is 2.34. The smallest absolute Gasteiger partial charge is 0.307 e. The van der Waals surface area contributed by atoms with Crippen molar-refractivity contribution in [1.29, 1.82) is 0 Å². The zero-order chi connectivity index (χ0) is 12.7. The van der Waals surface area contributed by atoms with Crippen molar-refractivity contribution >= 4 is 11.9 Å². The fraction of sp³-hybridized carbons (Fsp3) is 0.538. The quantitative estimate of drug-likeness (QED) is 0.427. The van der Waals surface area contributed by atoms with E-state index in [0.717, 1.165) is 6.42 Å². The van der Waals surface area contributed by atoms with Crippen LogP contribution in [0.2, 0.25) is 0 Å². The van der Waals surface area contributed by atoms with Gasteiger partial charge in [0.2, 0.25) is 5.91 Å². The van der Waals surface area contributed by atoms with Crippen LogP contribution in [0.5, 0.6) is 0 Å². The molecule has 1 amide bonds. The van der Waals surface area contributed by atoms with Gasteiger partial charge in [0.15, 0.2) is 0 Å². The molecule has 1 rings (SSSR count). The third-order valence-electron chi connectivity index (χ3n) is 2.88. The third kappa shape index (κ3) is 3.95. The van der Waals surface area contributed by atoms with Gasteiger partial charge in [0.25, 0.3) is 0 Å². The molecule has 0 saturated carbocycles. The Bertz CT molecular complexity index is 354. The topological polar surface area (TPSA) is 66.4 Å². The van der Waals surface area contributed by atoms with Crippen LogP contribution in [0.4, 0.5) is 0 Å². The summed E-state index contributed by atoms with van der Waals surface area (Å²) in [6, 6.07) is 0. The van der Waals surface area contributed by atoms with E-state index in [1.165, 1.54) is 0 Å². The number of unbranched alkanes of at least 4 members (excludes halogenated alkanes) is 1. The first-order chi connectivity index (χ1) is 8.16. The van der Waals surface area contributed by atoms with Gasteiger partial charge in [-0.2, -0.15) is 0 Å². The number of nitrogens with one attached hydrogen (secondary N) is 1. The predicted octanol–water partition coefficient (Wildman–Crippen LogP) is 1.18. The van der Waals surface area contributed by atoms with Crippen molar-refractivity contribution in [2.75, 3.05) is 6.54 Å². The highest BCUT2D eigenvalue weighted by Gasteiger charge is 2.33. The predicted molar refractivity (Wildman–Crippen MR) is 64.1 cm³/mol. The molecule has 2 N–H and O–H groups in total. The minimum absolute atomic E-state index is 0.182. The summed E-state index contributed by atoms with van der Waals surface area (Å²) in [5.74, 6) is 0.346. The van der Waals surface area contributed by atoms with Gasteiger partial charge in [-0.25, -0.2) is 0 Å². The van der Waals surface area contributed by atoms with Crippen LogP contribution in [0.1, 0.15) is 25.7 Å². The Labute approximate surface area is 101 Å². The fourth-order valence-electron chi connectivity index (χ4n) is 1.91. The van der Waals surface area contributed by atoms with Crippen LogP contribution in [-0.4, -0.2) is 23.5 Å². The lowest BCUT2D eigenvalue weighted by Gasteiger charge is -2.24. The molecule has 0 heterocycles. The second kappa shape index (κ2) is 6.74. The van der Waals surface area contributed by atoms with Crippen molar-refractivity contribution in [3.8, 4) is 12.3 Å². The average molecular weight is 235 g/mol. The fourth-order valence-corrected chi connectivity index (χ4v) is 1.91. The Morgan fingerprint density at radius 3 is 2.59 bits per heavy atom. The highest BCUT2D eigenvalue weighted by atomic mass is 16.4. The monoisotopic (exact) mass is 235 g/mol. The van der Waals surface area contributed by atoms with Gasteiger partial charge < -0.3 is 10.4 Å². The minimum Gasteiger partial charge on any atom is -0.481 e. The second-order valence-electron chi connectivity index (χ2n) is 4.09. The van der Waals surface area contributed by atoms with E-state index in [0.29, 0.717) is 25.8 Å². The van der Waals surface area contributed by atoms with Crippen LogP contribution >= 0.6 is 0 Å². The third-order valence-corrected chi connectivity index (χ3v) is 2.88. The van der Waals surface area contributed by atoms with Crippen LogP contribution in [0.15, 0.2) is 12.2 Å². The van der Waals surface area contributed by atoms with E-state index in [1.807, 2.05) is 12.2 Å². The number of hydrogen-bond donors (Lipinski definition) is 2. The number of carboxylic acid groups (broad SMARTS) is 1. The van der Waals surface area contributed by atoms with E-state index >= 15 is 0 Å². The molecule has 4 heteroatoms. The molecule has 0 aromatic heterocycles. The van der Waals surface area contributed by atoms with Crippen LogP contribution in [0.3, 0.4) is 0 Å². The van der Waals surface area contributed by atoms with Crippen molar-refractivity contribution in [3.63, 3.8) is 0 Å². The molecular weight excluding hydrogens is 218 g/mol. The second-order valence-corrected chi connectivity index (χ2v) is 4.09. The van der Waals surface area contributed by atoms with Gasteiger partial charge in [0.05, 0.1) is 11.8 Å². The first kappa shape index (κ1) is 13.3. The summed E-state index contributed by atoms with van der Waals surface area (Å²) >= 11 is 0. The zero-order valence-corrected chi connectivity index (χ0v) is 9.69. The summed E-state index contributed by atoms with van der Waals surface area (Å²) in [6.45, 7) is 0.510. The Balaban J connectivity index is 2.46. The van der Waals surface area contributed by atoms with E-state index in [4.69, 9.17) is 11.5 Å². The molecule has 0 aromatic rings. The van der Waals surface area contributed by atoms with Gasteiger partial charge in [-0.3, -0.25) is 9.59 Å². The summed E-state index contributed by atoms with van der Waals surface area (Å²) in [5.41, 5.74) is 0. The highest BCUT2D eigenvalue weighted by molar-refractivity contribution is 5.85. The number of terminal acetylenes is 1. The van der Waals surface area contributed by atoms with Gasteiger partial charge in [-0.05, 0) is 19.3 Å². The molecule has 0 radical (unpaired) electrons. The molecule has 0 spiro atoms. The molecule has 1 aliphatic carbocycles. The number of carboxylic acids is 1. The molecule has 17 heavy (non-hydrogen) atoms. The largest absolute Gasteiger partial charge is 0.481 e. The molecule has 2 atom stereocenters. The van der Waals surface area contributed by atoms with Crippen molar-refractivity contribution < 1.29 is 14.7 Å². The van der Waals surface area contributed by atoms with Crippen molar-refractivity contribution in [2.45, 2.75) is 25.7 Å². The normalized spacial score (nSPS) is 22.8. The molecule has 2 unspecified atom stereocenters. The molecule has 0 aromatic carbocycles. The van der Waals surface area contributed by atoms with E-state index in [-0.39, 0.29) is 5.91 Å². The van der Waals surface area contributed by atoms with E-state index in [9.17, 15) is 9.59 Å². The standard InChI is InChI=1S/C13H17NO3/c1-2-3-6-9-14-12(15)10-7-4-5-8-11(10)13(16)17/h1,4-5,10-11H,3,6-9H2,(H,14,15)(H,16,17). The summed E-state index contributed by atoms with van der Waals surface area (Å²) < 4.78 is 0. The zero-order valence-electron chi connectivity index (χ0n) is 9.69. The molecule has 4 nitrogen and oxygen atoms in total. The highest BCUT2D eigenvalue weighted by Crippen LogP contribution is 2.25. The van der Waals surface area contributed by atoms with Crippen molar-refractivity contribution in [3.05, 3.63) is 12.2 Å². The lowest BCUT2D eigenvalue weighted by atomic mass is 9.82. The molecular formula is C13H17NO3. The summed E-state index contributed by atoms with van der Waals surface area (Å²) in [6.07, 6.45) is 11.1. The Morgan fingerprint density at radius 1 is 1.35 bits per heavy atom. The number of carbonyl (C=O) groups excluding carboxylic acids is 1. The maximum absolute atomic E-state index is 11.8. The maximum Gasteiger partial charge on any atom is 0.307 e. The van der Waals surface area contributed by atoms with Crippen LogP contribution in [0, 0.1) is 24.2 Å². The number of hydrogen-bond acceptors (Lipinski definition) is 2. The molecule has 1 aliphatic rings. The van der Waals surface area contributed by atoms with E-state index in [2.05, 4.69) is 11.2 Å². The Hall–Kier alpha value is -1.76. The molecule has 0 bridgehead atoms. The summed E-state index contributed by atoms with van der Waals surface area (Å²) in [7, 11) is 0. The van der Waals surface area contributed by atoms with Crippen LogP contribution in [-0.2, 0) is 9.59 Å². The molecule has 92 valence electrons. The Morgan fingerprint density at radius 2 is 2.00 bits per heavy atom. The first-order valence-electron chi connectivity index (χ1n) is 5.75. The number of aliphatic carboxylic acids is 1. The van der Waals surface area contributed by atoms with Gasteiger partial charge >= 0.3 is 5.97 Å². The summed E-state index contributed by atoms with van der Waals surface area (Å²) in [4.78, 5) is 22.8. The Kier molecular flexibility index (Phi) is 5.28. The van der Waals surface area contributed by atoms with Gasteiger partial charge in [0, 0.05) is 13.0 Å². The number of amides is 1. The van der Waals surface area contributed by atoms with Gasteiger partial charge in [-0.1, -0.05) is 12.2 Å². The van der Waals surface area contributed by atoms with Crippen LogP contribution in [0.25, 0.3) is 0 Å². The lowest BCUT2D eigenvalue weighted by Crippen LogP contribution is -2.39. The van der Waals surface area contributed by atoms with Gasteiger partial charge in [0.1, 0.15) is 0 Å². The van der Waals surface area contributed by atoms with E-state index in [1.54, 1.807) is 0 Å². The number of rotatable bonds is 5. The lowest BCUT2D eigenvalue weighted by molar-refractivity contribution is -0.147. The maximum atomic E-state index is 11.8. The van der Waals surface area contributed by atoms with Gasteiger partial charge in [-0.15, -0.1) is 12.3 Å². The first-order valence-corrected chi connectivity index (χ1v) is 5.75. The summed E-state index contributed by atoms with van der Waals surface area (Å²) in [5, 5.41) is 11.8. The molecule has 0 fully saturated rings. The number of carbonyl (C=O) groups is 2.